The highest BCUT2D eigenvalue weighted by Crippen LogP contribution is 2.33. The molecule has 8 nitrogen and oxygen atoms in total. The number of nitrogens with one attached hydrogen (secondary N) is 1. The van der Waals surface area contributed by atoms with Crippen LogP contribution in [-0.4, -0.2) is 76.2 Å². The van der Waals surface area contributed by atoms with E-state index in [9.17, 15) is 19.2 Å². The second-order valence-electron chi connectivity index (χ2n) is 9.75. The molecule has 0 aromatic rings. The Morgan fingerprint density at radius 3 is 2.35 bits per heavy atom. The lowest BCUT2D eigenvalue weighted by molar-refractivity contribution is -0.141. The molecule has 3 aliphatic heterocycles. The maximum Gasteiger partial charge on any atom is 0.325 e. The van der Waals surface area contributed by atoms with Gasteiger partial charge in [-0.2, -0.15) is 0 Å². The highest BCUT2D eigenvalue weighted by atomic mass is 16.2. The molecule has 5 amide bonds. The van der Waals surface area contributed by atoms with Gasteiger partial charge in [0.05, 0.1) is 6.04 Å². The molecule has 0 bridgehead atoms. The van der Waals surface area contributed by atoms with Crippen LogP contribution in [0.2, 0.25) is 0 Å². The van der Waals surface area contributed by atoms with Crippen LogP contribution >= 0.6 is 0 Å². The van der Waals surface area contributed by atoms with Crippen LogP contribution in [-0.2, 0) is 14.4 Å². The summed E-state index contributed by atoms with van der Waals surface area (Å²) in [4.78, 5) is 55.9. The molecule has 4 rings (SSSR count). The van der Waals surface area contributed by atoms with Gasteiger partial charge in [0.25, 0.3) is 5.91 Å². The van der Waals surface area contributed by atoms with E-state index >= 15 is 0 Å². The molecule has 0 aromatic heterocycles. The SMILES string of the molecule is CCC(=O)N1CCC2(CC1)NC(=O)N(C1CCCN(C(=O)CCC3CCCC3)C1)C2=O. The Morgan fingerprint density at radius 2 is 1.68 bits per heavy atom. The summed E-state index contributed by atoms with van der Waals surface area (Å²) < 4.78 is 0. The van der Waals surface area contributed by atoms with Crippen molar-refractivity contribution in [3.05, 3.63) is 0 Å². The summed E-state index contributed by atoms with van der Waals surface area (Å²) in [6, 6.07) is -0.600. The fourth-order valence-electron chi connectivity index (χ4n) is 5.85. The summed E-state index contributed by atoms with van der Waals surface area (Å²) in [6.45, 7) is 3.97. The Morgan fingerprint density at radius 1 is 0.968 bits per heavy atom. The normalized spacial score (nSPS) is 26.6. The fourth-order valence-corrected chi connectivity index (χ4v) is 5.85. The minimum Gasteiger partial charge on any atom is -0.343 e. The van der Waals surface area contributed by atoms with E-state index in [2.05, 4.69) is 5.32 Å². The molecule has 3 heterocycles. The van der Waals surface area contributed by atoms with Crippen LogP contribution in [0.1, 0.15) is 77.6 Å². The summed E-state index contributed by atoms with van der Waals surface area (Å²) in [7, 11) is 0. The molecular formula is C23H36N4O4. The minimum absolute atomic E-state index is 0.0857. The molecule has 1 spiro atoms. The van der Waals surface area contributed by atoms with Crippen molar-refractivity contribution in [2.75, 3.05) is 26.2 Å². The number of hydrogen-bond donors (Lipinski definition) is 1. The van der Waals surface area contributed by atoms with Gasteiger partial charge in [-0.15, -0.1) is 0 Å². The van der Waals surface area contributed by atoms with E-state index in [-0.39, 0.29) is 29.8 Å². The van der Waals surface area contributed by atoms with Crippen LogP contribution in [0.3, 0.4) is 0 Å². The van der Waals surface area contributed by atoms with Crippen molar-refractivity contribution in [3.8, 4) is 0 Å². The van der Waals surface area contributed by atoms with E-state index in [0.29, 0.717) is 57.8 Å². The van der Waals surface area contributed by atoms with Gasteiger partial charge in [0, 0.05) is 39.0 Å². The van der Waals surface area contributed by atoms with Crippen molar-refractivity contribution in [1.29, 1.82) is 0 Å². The topological polar surface area (TPSA) is 90.0 Å². The van der Waals surface area contributed by atoms with Gasteiger partial charge in [0.1, 0.15) is 5.54 Å². The molecule has 1 atom stereocenters. The van der Waals surface area contributed by atoms with Crippen LogP contribution < -0.4 is 5.32 Å². The zero-order valence-corrected chi connectivity index (χ0v) is 18.7. The standard InChI is InChI=1S/C23H36N4O4/c1-2-19(28)25-14-11-23(12-15-25)21(30)27(22(31)24-23)18-8-5-13-26(16-18)20(29)10-9-17-6-3-4-7-17/h17-18H,2-16H2,1H3,(H,24,31). The second kappa shape index (κ2) is 9.17. The molecule has 1 N–H and O–H groups in total. The number of imide groups is 1. The number of nitrogens with zero attached hydrogens (tertiary/aromatic N) is 3. The molecule has 4 aliphatic rings. The van der Waals surface area contributed by atoms with Gasteiger partial charge in [0.15, 0.2) is 0 Å². The molecule has 1 saturated carbocycles. The van der Waals surface area contributed by atoms with E-state index in [4.69, 9.17) is 0 Å². The molecular weight excluding hydrogens is 396 g/mol. The molecule has 31 heavy (non-hydrogen) atoms. The number of rotatable bonds is 5. The van der Waals surface area contributed by atoms with Crippen LogP contribution in [0.25, 0.3) is 0 Å². The smallest absolute Gasteiger partial charge is 0.325 e. The number of hydrogen-bond acceptors (Lipinski definition) is 4. The van der Waals surface area contributed by atoms with Gasteiger partial charge >= 0.3 is 6.03 Å². The fraction of sp³-hybridized carbons (Fsp3) is 0.826. The van der Waals surface area contributed by atoms with Gasteiger partial charge in [0.2, 0.25) is 11.8 Å². The van der Waals surface area contributed by atoms with Crippen LogP contribution in [0.5, 0.6) is 0 Å². The van der Waals surface area contributed by atoms with Gasteiger partial charge in [-0.3, -0.25) is 19.3 Å². The van der Waals surface area contributed by atoms with Gasteiger partial charge < -0.3 is 15.1 Å². The molecule has 8 heteroatoms. The molecule has 1 unspecified atom stereocenters. The third-order valence-corrected chi connectivity index (χ3v) is 7.82. The highest BCUT2D eigenvalue weighted by molar-refractivity contribution is 6.07. The largest absolute Gasteiger partial charge is 0.343 e. The number of amides is 5. The Bertz CT molecular complexity index is 725. The molecule has 4 fully saturated rings. The van der Waals surface area contributed by atoms with Crippen molar-refractivity contribution < 1.29 is 19.2 Å². The van der Waals surface area contributed by atoms with Gasteiger partial charge in [-0.05, 0) is 38.0 Å². The summed E-state index contributed by atoms with van der Waals surface area (Å²) in [6.07, 6.45) is 9.47. The van der Waals surface area contributed by atoms with Crippen LogP contribution in [0, 0.1) is 5.92 Å². The Balaban J connectivity index is 1.35. The molecule has 172 valence electrons. The minimum atomic E-state index is -0.892. The Hall–Kier alpha value is -2.12. The van der Waals surface area contributed by atoms with Gasteiger partial charge in [-0.25, -0.2) is 4.79 Å². The summed E-state index contributed by atoms with van der Waals surface area (Å²) in [5, 5.41) is 2.95. The van der Waals surface area contributed by atoms with Crippen LogP contribution in [0.4, 0.5) is 4.79 Å². The predicted molar refractivity (Wildman–Crippen MR) is 115 cm³/mol. The summed E-state index contributed by atoms with van der Waals surface area (Å²) in [5.74, 6) is 0.749. The van der Waals surface area contributed by atoms with E-state index < -0.39 is 5.54 Å². The summed E-state index contributed by atoms with van der Waals surface area (Å²) in [5.41, 5.74) is -0.892. The maximum absolute atomic E-state index is 13.3. The predicted octanol–water partition coefficient (Wildman–Crippen LogP) is 2.27. The van der Waals surface area contributed by atoms with E-state index in [1.165, 1.54) is 30.6 Å². The number of carbonyl (C=O) groups excluding carboxylic acids is 4. The van der Waals surface area contributed by atoms with E-state index in [1.807, 2.05) is 11.8 Å². The third-order valence-electron chi connectivity index (χ3n) is 7.82. The van der Waals surface area contributed by atoms with Crippen molar-refractivity contribution in [2.24, 2.45) is 5.92 Å². The lowest BCUT2D eigenvalue weighted by atomic mass is 9.87. The second-order valence-corrected chi connectivity index (χ2v) is 9.75. The summed E-state index contributed by atoms with van der Waals surface area (Å²) >= 11 is 0. The third kappa shape index (κ3) is 4.44. The van der Waals surface area contributed by atoms with Crippen molar-refractivity contribution in [3.63, 3.8) is 0 Å². The molecule has 0 aromatic carbocycles. The zero-order valence-electron chi connectivity index (χ0n) is 18.7. The van der Waals surface area contributed by atoms with Crippen molar-refractivity contribution in [2.45, 2.75) is 89.1 Å². The monoisotopic (exact) mass is 432 g/mol. The maximum atomic E-state index is 13.3. The number of likely N-dealkylation sites (tertiary alicyclic amines) is 2. The molecule has 0 radical (unpaired) electrons. The van der Waals surface area contributed by atoms with E-state index in [1.54, 1.807) is 4.90 Å². The van der Waals surface area contributed by atoms with Crippen molar-refractivity contribution in [1.82, 2.24) is 20.0 Å². The Kier molecular flexibility index (Phi) is 6.53. The quantitative estimate of drug-likeness (QED) is 0.675. The Labute approximate surface area is 184 Å². The average Bonchev–Trinajstić information content (AvgIpc) is 3.38. The first kappa shape index (κ1) is 22.1. The number of carbonyl (C=O) groups is 4. The van der Waals surface area contributed by atoms with Gasteiger partial charge in [-0.1, -0.05) is 32.6 Å². The lowest BCUT2D eigenvalue weighted by Crippen LogP contribution is -2.57. The molecule has 3 saturated heterocycles. The highest BCUT2D eigenvalue weighted by Gasteiger charge is 2.54. The first-order valence-corrected chi connectivity index (χ1v) is 12.1. The first-order chi connectivity index (χ1) is 14.9. The van der Waals surface area contributed by atoms with E-state index in [0.717, 1.165) is 19.3 Å². The lowest BCUT2D eigenvalue weighted by Gasteiger charge is -2.39. The first-order valence-electron chi connectivity index (χ1n) is 12.1. The molecule has 1 aliphatic carbocycles. The van der Waals surface area contributed by atoms with Crippen molar-refractivity contribution >= 4 is 23.8 Å². The zero-order chi connectivity index (χ0) is 22.0. The van der Waals surface area contributed by atoms with Crippen LogP contribution in [0.15, 0.2) is 0 Å². The average molecular weight is 433 g/mol. The number of urea groups is 1. The number of piperidine rings is 2.